The van der Waals surface area contributed by atoms with Gasteiger partial charge in [0.25, 0.3) is 5.91 Å². The molecule has 2 aromatic heterocycles. The molecule has 1 aliphatic rings. The number of carbonyl (C=O) groups excluding carboxylic acids is 1. The number of aryl methyl sites for hydroxylation is 1. The first-order chi connectivity index (χ1) is 14.2. The first-order valence-corrected chi connectivity index (χ1v) is 10.4. The minimum Gasteiger partial charge on any atom is -0.296 e. The van der Waals surface area contributed by atoms with Crippen LogP contribution in [0.25, 0.3) is 16.9 Å². The predicted molar refractivity (Wildman–Crippen MR) is 114 cm³/mol. The fraction of sp³-hybridized carbons (Fsp3) is 0.182. The van der Waals surface area contributed by atoms with Crippen molar-refractivity contribution in [2.24, 2.45) is 0 Å². The van der Waals surface area contributed by atoms with Gasteiger partial charge in [-0.15, -0.1) is 10.2 Å². The molecule has 0 aliphatic heterocycles. The molecule has 0 unspecified atom stereocenters. The minimum absolute atomic E-state index is 0.235. The molecule has 0 spiro atoms. The van der Waals surface area contributed by atoms with Gasteiger partial charge < -0.3 is 0 Å². The number of carbonyl (C=O) groups is 1. The van der Waals surface area contributed by atoms with Gasteiger partial charge in [-0.05, 0) is 31.9 Å². The lowest BCUT2D eigenvalue weighted by atomic mass is 10.1. The highest BCUT2D eigenvalue weighted by molar-refractivity contribution is 7.15. The van der Waals surface area contributed by atoms with E-state index in [2.05, 4.69) is 15.5 Å². The molecule has 7 heteroatoms. The summed E-state index contributed by atoms with van der Waals surface area (Å²) < 4.78 is 1.74. The Morgan fingerprint density at radius 1 is 1.07 bits per heavy atom. The van der Waals surface area contributed by atoms with Crippen LogP contribution in [0.5, 0.6) is 0 Å². The Bertz CT molecular complexity index is 1160. The molecule has 2 aromatic carbocycles. The summed E-state index contributed by atoms with van der Waals surface area (Å²) in [6.07, 6.45) is 4.08. The third-order valence-corrected chi connectivity index (χ3v) is 5.89. The number of amides is 1. The van der Waals surface area contributed by atoms with E-state index in [1.165, 1.54) is 16.9 Å². The van der Waals surface area contributed by atoms with Gasteiger partial charge in [-0.3, -0.25) is 10.1 Å². The zero-order valence-electron chi connectivity index (χ0n) is 15.9. The van der Waals surface area contributed by atoms with E-state index in [1.54, 1.807) is 10.9 Å². The third kappa shape index (κ3) is 3.69. The fourth-order valence-corrected chi connectivity index (χ4v) is 4.03. The summed E-state index contributed by atoms with van der Waals surface area (Å²) in [5, 5.41) is 17.5. The van der Waals surface area contributed by atoms with Crippen LogP contribution in [0.4, 0.5) is 5.13 Å². The molecule has 1 N–H and O–H groups in total. The van der Waals surface area contributed by atoms with Gasteiger partial charge in [0, 0.05) is 17.7 Å². The fourth-order valence-electron chi connectivity index (χ4n) is 3.12. The molecule has 144 valence electrons. The molecule has 5 rings (SSSR count). The molecule has 0 saturated heterocycles. The molecule has 29 heavy (non-hydrogen) atoms. The monoisotopic (exact) mass is 401 g/mol. The van der Waals surface area contributed by atoms with Crippen LogP contribution in [-0.2, 0) is 0 Å². The summed E-state index contributed by atoms with van der Waals surface area (Å²) in [6, 6.07) is 17.8. The first kappa shape index (κ1) is 17.8. The summed E-state index contributed by atoms with van der Waals surface area (Å²) in [7, 11) is 0. The van der Waals surface area contributed by atoms with Gasteiger partial charge in [0.1, 0.15) is 10.7 Å². The summed E-state index contributed by atoms with van der Waals surface area (Å²) in [5.74, 6) is 0.281. The average molecular weight is 401 g/mol. The van der Waals surface area contributed by atoms with E-state index in [1.807, 2.05) is 61.5 Å². The van der Waals surface area contributed by atoms with Crippen molar-refractivity contribution in [1.29, 1.82) is 0 Å². The number of nitrogens with zero attached hydrogens (tertiary/aromatic N) is 4. The maximum absolute atomic E-state index is 13.1. The van der Waals surface area contributed by atoms with Gasteiger partial charge in [0.2, 0.25) is 5.13 Å². The Morgan fingerprint density at radius 2 is 1.83 bits per heavy atom. The van der Waals surface area contributed by atoms with Crippen molar-refractivity contribution in [3.05, 3.63) is 76.9 Å². The predicted octanol–water partition coefficient (Wildman–Crippen LogP) is 4.83. The lowest BCUT2D eigenvalue weighted by Gasteiger charge is -2.02. The lowest BCUT2D eigenvalue weighted by Crippen LogP contribution is -2.12. The second-order valence-electron chi connectivity index (χ2n) is 7.21. The number of aromatic nitrogens is 4. The highest BCUT2D eigenvalue weighted by atomic mass is 32.1. The number of benzene rings is 2. The molecule has 1 saturated carbocycles. The molecular weight excluding hydrogens is 382 g/mol. The summed E-state index contributed by atoms with van der Waals surface area (Å²) in [6.45, 7) is 2.04. The van der Waals surface area contributed by atoms with E-state index < -0.39 is 0 Å². The van der Waals surface area contributed by atoms with Crippen LogP contribution in [0.3, 0.4) is 0 Å². The number of hydrogen-bond donors (Lipinski definition) is 1. The van der Waals surface area contributed by atoms with E-state index in [0.29, 0.717) is 22.3 Å². The van der Waals surface area contributed by atoms with Crippen molar-refractivity contribution in [3.8, 4) is 16.9 Å². The van der Waals surface area contributed by atoms with E-state index in [0.717, 1.165) is 29.1 Å². The lowest BCUT2D eigenvalue weighted by molar-refractivity contribution is 0.102. The zero-order chi connectivity index (χ0) is 19.8. The van der Waals surface area contributed by atoms with Gasteiger partial charge in [0.15, 0.2) is 0 Å². The Labute approximate surface area is 172 Å². The number of hydrogen-bond acceptors (Lipinski definition) is 5. The van der Waals surface area contributed by atoms with Gasteiger partial charge >= 0.3 is 0 Å². The van der Waals surface area contributed by atoms with Crippen LogP contribution in [0.2, 0.25) is 0 Å². The van der Waals surface area contributed by atoms with Crippen molar-refractivity contribution < 1.29 is 4.79 Å². The molecule has 6 nitrogen and oxygen atoms in total. The minimum atomic E-state index is -0.235. The molecule has 1 aliphatic carbocycles. The molecule has 0 bridgehead atoms. The third-order valence-electron chi connectivity index (χ3n) is 4.89. The van der Waals surface area contributed by atoms with E-state index >= 15 is 0 Å². The van der Waals surface area contributed by atoms with Gasteiger partial charge in [-0.2, -0.15) is 5.10 Å². The van der Waals surface area contributed by atoms with E-state index in [-0.39, 0.29) is 5.91 Å². The maximum atomic E-state index is 13.1. The SMILES string of the molecule is Cc1ccc(-n2cc(C(=O)Nc3nnc(C4CC4)s3)c(-c3ccccc3)n2)cc1. The molecular formula is C22H19N5OS. The van der Waals surface area contributed by atoms with Crippen LogP contribution in [0.1, 0.15) is 39.7 Å². The molecule has 4 aromatic rings. The molecule has 0 atom stereocenters. The van der Waals surface area contributed by atoms with Crippen LogP contribution in [0, 0.1) is 6.92 Å². The van der Waals surface area contributed by atoms with Crippen molar-refractivity contribution in [1.82, 2.24) is 20.0 Å². The second kappa shape index (κ2) is 7.25. The van der Waals surface area contributed by atoms with E-state index in [4.69, 9.17) is 5.10 Å². The summed E-state index contributed by atoms with van der Waals surface area (Å²) >= 11 is 1.45. The van der Waals surface area contributed by atoms with Gasteiger partial charge in [0.05, 0.1) is 11.3 Å². The molecule has 2 heterocycles. The van der Waals surface area contributed by atoms with E-state index in [9.17, 15) is 4.79 Å². The van der Waals surface area contributed by atoms with Crippen LogP contribution in [-0.4, -0.2) is 25.9 Å². The Hall–Kier alpha value is -3.32. The summed E-state index contributed by atoms with van der Waals surface area (Å²) in [5.41, 5.74) is 4.10. The highest BCUT2D eigenvalue weighted by Gasteiger charge is 2.28. The van der Waals surface area contributed by atoms with Crippen molar-refractivity contribution in [2.75, 3.05) is 5.32 Å². The number of nitrogens with one attached hydrogen (secondary N) is 1. The van der Waals surface area contributed by atoms with Gasteiger partial charge in [-0.25, -0.2) is 4.68 Å². The van der Waals surface area contributed by atoms with Crippen LogP contribution < -0.4 is 5.32 Å². The standard InChI is InChI=1S/C22H19N5OS/c1-14-7-11-17(12-8-14)27-13-18(19(26-27)15-5-3-2-4-6-15)20(28)23-22-25-24-21(29-22)16-9-10-16/h2-8,11-13,16H,9-10H2,1H3,(H,23,25,28). The Balaban J connectivity index is 1.50. The quantitative estimate of drug-likeness (QED) is 0.520. The molecule has 1 fully saturated rings. The maximum Gasteiger partial charge on any atom is 0.261 e. The largest absolute Gasteiger partial charge is 0.296 e. The van der Waals surface area contributed by atoms with Crippen LogP contribution >= 0.6 is 11.3 Å². The van der Waals surface area contributed by atoms with Crippen molar-refractivity contribution in [2.45, 2.75) is 25.7 Å². The Morgan fingerprint density at radius 3 is 2.55 bits per heavy atom. The Kier molecular flexibility index (Phi) is 4.44. The summed E-state index contributed by atoms with van der Waals surface area (Å²) in [4.78, 5) is 13.1. The topological polar surface area (TPSA) is 72.7 Å². The average Bonchev–Trinajstić information content (AvgIpc) is 3.32. The van der Waals surface area contributed by atoms with Gasteiger partial charge in [-0.1, -0.05) is 59.4 Å². The number of rotatable bonds is 5. The number of anilines is 1. The molecule has 0 radical (unpaired) electrons. The van der Waals surface area contributed by atoms with Crippen LogP contribution in [0.15, 0.2) is 60.8 Å². The normalized spacial score (nSPS) is 13.4. The second-order valence-corrected chi connectivity index (χ2v) is 8.22. The highest BCUT2D eigenvalue weighted by Crippen LogP contribution is 2.42. The van der Waals surface area contributed by atoms with Crippen molar-refractivity contribution >= 4 is 22.4 Å². The smallest absolute Gasteiger partial charge is 0.261 e. The first-order valence-electron chi connectivity index (χ1n) is 9.54. The zero-order valence-corrected chi connectivity index (χ0v) is 16.7. The van der Waals surface area contributed by atoms with Crippen molar-refractivity contribution in [3.63, 3.8) is 0 Å². The molecule has 1 amide bonds.